The minimum atomic E-state index is -2.93. The summed E-state index contributed by atoms with van der Waals surface area (Å²) in [4.78, 5) is 0. The zero-order valence-corrected chi connectivity index (χ0v) is 13.8. The fourth-order valence-corrected chi connectivity index (χ4v) is 2.78. The Hall–Kier alpha value is -1.27. The molecule has 0 radical (unpaired) electrons. The Morgan fingerprint density at radius 3 is 2.57 bits per heavy atom. The van der Waals surface area contributed by atoms with E-state index in [9.17, 15) is 8.42 Å². The van der Waals surface area contributed by atoms with E-state index in [1.807, 2.05) is 25.1 Å². The van der Waals surface area contributed by atoms with Gasteiger partial charge in [0.05, 0.1) is 19.5 Å². The molecular weight excluding hydrogens is 290 g/mol. The highest BCUT2D eigenvalue weighted by Crippen LogP contribution is 2.28. The molecule has 0 aliphatic carbocycles. The van der Waals surface area contributed by atoms with Gasteiger partial charge in [0.1, 0.15) is 9.84 Å². The first kappa shape index (κ1) is 17.8. The van der Waals surface area contributed by atoms with E-state index in [2.05, 4.69) is 0 Å². The summed E-state index contributed by atoms with van der Waals surface area (Å²) >= 11 is 0. The van der Waals surface area contributed by atoms with Crippen molar-refractivity contribution in [2.75, 3.05) is 25.2 Å². The smallest absolute Gasteiger partial charge is 0.161 e. The van der Waals surface area contributed by atoms with Crippen molar-refractivity contribution < 1.29 is 17.9 Å². The third-order valence-corrected chi connectivity index (χ3v) is 4.87. The molecular formula is C15H25NO4S. The van der Waals surface area contributed by atoms with E-state index < -0.39 is 9.84 Å². The molecule has 0 saturated carbocycles. The summed E-state index contributed by atoms with van der Waals surface area (Å²) in [5, 5.41) is 0. The van der Waals surface area contributed by atoms with Crippen molar-refractivity contribution in [1.29, 1.82) is 0 Å². The van der Waals surface area contributed by atoms with Gasteiger partial charge < -0.3 is 15.2 Å². The average molecular weight is 315 g/mol. The van der Waals surface area contributed by atoms with Crippen molar-refractivity contribution >= 4 is 9.84 Å². The van der Waals surface area contributed by atoms with Crippen LogP contribution in [0.1, 0.15) is 25.8 Å². The van der Waals surface area contributed by atoms with Crippen LogP contribution in [0.15, 0.2) is 18.2 Å². The Bertz CT molecular complexity index is 541. The Morgan fingerprint density at radius 1 is 1.29 bits per heavy atom. The highest BCUT2D eigenvalue weighted by atomic mass is 32.2. The first-order valence-electron chi connectivity index (χ1n) is 7.13. The van der Waals surface area contributed by atoms with Gasteiger partial charge in [-0.3, -0.25) is 0 Å². The standard InChI is InChI=1S/C15H25NO4S/c1-4-21(17,18)9-5-8-20-14-7-6-13(10-12(2)16)11-15(14)19-3/h6-7,11-12H,4-5,8-10,16H2,1-3H3. The Kier molecular flexibility index (Phi) is 6.98. The summed E-state index contributed by atoms with van der Waals surface area (Å²) in [6.07, 6.45) is 1.24. The number of nitrogens with two attached hydrogens (primary N) is 1. The second-order valence-electron chi connectivity index (χ2n) is 5.11. The van der Waals surface area contributed by atoms with Crippen molar-refractivity contribution in [2.45, 2.75) is 32.7 Å². The van der Waals surface area contributed by atoms with Gasteiger partial charge in [-0.1, -0.05) is 13.0 Å². The van der Waals surface area contributed by atoms with Crippen LogP contribution in [-0.2, 0) is 16.3 Å². The number of benzene rings is 1. The fraction of sp³-hybridized carbons (Fsp3) is 0.600. The van der Waals surface area contributed by atoms with E-state index in [1.165, 1.54) is 0 Å². The summed E-state index contributed by atoms with van der Waals surface area (Å²) < 4.78 is 33.7. The monoisotopic (exact) mass is 315 g/mol. The largest absolute Gasteiger partial charge is 0.493 e. The molecule has 1 atom stereocenters. The van der Waals surface area contributed by atoms with Gasteiger partial charge in [0.2, 0.25) is 0 Å². The fourth-order valence-electron chi connectivity index (χ4n) is 1.94. The number of rotatable bonds is 9. The lowest BCUT2D eigenvalue weighted by molar-refractivity contribution is 0.294. The summed E-state index contributed by atoms with van der Waals surface area (Å²) in [5.41, 5.74) is 6.86. The molecule has 0 saturated heterocycles. The van der Waals surface area contributed by atoms with E-state index in [0.717, 1.165) is 12.0 Å². The topological polar surface area (TPSA) is 78.6 Å². The van der Waals surface area contributed by atoms with Crippen molar-refractivity contribution in [1.82, 2.24) is 0 Å². The number of methoxy groups -OCH3 is 1. The van der Waals surface area contributed by atoms with Crippen LogP contribution in [-0.4, -0.2) is 39.7 Å². The number of ether oxygens (including phenoxy) is 2. The number of sulfone groups is 1. The summed E-state index contributed by atoms with van der Waals surface area (Å²) in [5.74, 6) is 1.59. The highest BCUT2D eigenvalue weighted by molar-refractivity contribution is 7.91. The Morgan fingerprint density at radius 2 is 2.00 bits per heavy atom. The lowest BCUT2D eigenvalue weighted by Gasteiger charge is -2.13. The second-order valence-corrected chi connectivity index (χ2v) is 7.58. The molecule has 5 nitrogen and oxygen atoms in total. The van der Waals surface area contributed by atoms with E-state index >= 15 is 0 Å². The molecule has 1 unspecified atom stereocenters. The first-order chi connectivity index (χ1) is 9.88. The maximum absolute atomic E-state index is 11.4. The molecule has 0 aromatic heterocycles. The van der Waals surface area contributed by atoms with Gasteiger partial charge in [-0.2, -0.15) is 0 Å². The lowest BCUT2D eigenvalue weighted by Crippen LogP contribution is -2.17. The quantitative estimate of drug-likeness (QED) is 0.703. The van der Waals surface area contributed by atoms with Gasteiger partial charge in [0.25, 0.3) is 0 Å². The third kappa shape index (κ3) is 6.35. The molecule has 0 heterocycles. The minimum Gasteiger partial charge on any atom is -0.493 e. The molecule has 1 aromatic carbocycles. The molecule has 0 aliphatic heterocycles. The predicted octanol–water partition coefficient (Wildman–Crippen LogP) is 1.79. The molecule has 21 heavy (non-hydrogen) atoms. The van der Waals surface area contributed by atoms with Crippen molar-refractivity contribution in [3.05, 3.63) is 23.8 Å². The zero-order chi connectivity index (χ0) is 15.9. The van der Waals surface area contributed by atoms with Gasteiger partial charge in [0, 0.05) is 11.8 Å². The molecule has 0 bridgehead atoms. The maximum Gasteiger partial charge on any atom is 0.161 e. The van der Waals surface area contributed by atoms with Crippen LogP contribution in [0.25, 0.3) is 0 Å². The molecule has 0 aliphatic rings. The van der Waals surface area contributed by atoms with Crippen LogP contribution in [0.2, 0.25) is 0 Å². The molecule has 2 N–H and O–H groups in total. The predicted molar refractivity (Wildman–Crippen MR) is 84.8 cm³/mol. The number of hydrogen-bond donors (Lipinski definition) is 1. The highest BCUT2D eigenvalue weighted by Gasteiger charge is 2.09. The molecule has 0 spiro atoms. The van der Waals surface area contributed by atoms with E-state index in [-0.39, 0.29) is 17.5 Å². The minimum absolute atomic E-state index is 0.0840. The first-order valence-corrected chi connectivity index (χ1v) is 8.95. The van der Waals surface area contributed by atoms with Crippen LogP contribution in [0.3, 0.4) is 0 Å². The van der Waals surface area contributed by atoms with Gasteiger partial charge in [-0.15, -0.1) is 0 Å². The lowest BCUT2D eigenvalue weighted by atomic mass is 10.1. The third-order valence-electron chi connectivity index (χ3n) is 3.08. The normalized spacial score (nSPS) is 13.0. The molecule has 1 rings (SSSR count). The van der Waals surface area contributed by atoms with E-state index in [0.29, 0.717) is 24.5 Å². The summed E-state index contributed by atoms with van der Waals surface area (Å²) in [6.45, 7) is 3.95. The van der Waals surface area contributed by atoms with Crippen LogP contribution < -0.4 is 15.2 Å². The maximum atomic E-state index is 11.4. The summed E-state index contributed by atoms with van der Waals surface area (Å²) in [6, 6.07) is 5.77. The average Bonchev–Trinajstić information content (AvgIpc) is 2.44. The summed E-state index contributed by atoms with van der Waals surface area (Å²) in [7, 11) is -1.35. The second kappa shape index (κ2) is 8.24. The number of hydrogen-bond acceptors (Lipinski definition) is 5. The van der Waals surface area contributed by atoms with Crippen molar-refractivity contribution in [3.8, 4) is 11.5 Å². The molecule has 120 valence electrons. The van der Waals surface area contributed by atoms with E-state index in [4.69, 9.17) is 15.2 Å². The van der Waals surface area contributed by atoms with Gasteiger partial charge in [-0.05, 0) is 37.5 Å². The molecule has 6 heteroatoms. The zero-order valence-electron chi connectivity index (χ0n) is 13.0. The molecule has 0 amide bonds. The molecule has 0 fully saturated rings. The van der Waals surface area contributed by atoms with Crippen LogP contribution >= 0.6 is 0 Å². The van der Waals surface area contributed by atoms with Gasteiger partial charge >= 0.3 is 0 Å². The SMILES string of the molecule is CCS(=O)(=O)CCCOc1ccc(CC(C)N)cc1OC. The van der Waals surface area contributed by atoms with Crippen molar-refractivity contribution in [3.63, 3.8) is 0 Å². The van der Waals surface area contributed by atoms with Crippen LogP contribution in [0.5, 0.6) is 11.5 Å². The van der Waals surface area contributed by atoms with Gasteiger partial charge in [0.15, 0.2) is 11.5 Å². The Labute approximate surface area is 127 Å². The van der Waals surface area contributed by atoms with E-state index in [1.54, 1.807) is 14.0 Å². The van der Waals surface area contributed by atoms with Crippen LogP contribution in [0, 0.1) is 0 Å². The molecule has 1 aromatic rings. The van der Waals surface area contributed by atoms with Crippen molar-refractivity contribution in [2.24, 2.45) is 5.73 Å². The van der Waals surface area contributed by atoms with Gasteiger partial charge in [-0.25, -0.2) is 8.42 Å². The Balaban J connectivity index is 2.59. The van der Waals surface area contributed by atoms with Crippen LogP contribution in [0.4, 0.5) is 0 Å².